The minimum Gasteiger partial charge on any atom is -0.328 e. The molecule has 0 aromatic carbocycles. The van der Waals surface area contributed by atoms with Crippen molar-refractivity contribution in [3.05, 3.63) is 0 Å². The highest BCUT2D eigenvalue weighted by Crippen LogP contribution is 2.16. The van der Waals surface area contributed by atoms with Crippen LogP contribution in [-0.2, 0) is 0 Å². The quantitative estimate of drug-likeness (QED) is 0.398. The van der Waals surface area contributed by atoms with Gasteiger partial charge in [0.05, 0.1) is 27.2 Å². The second kappa shape index (κ2) is 8.15. The van der Waals surface area contributed by atoms with Gasteiger partial charge in [-0.15, -0.1) is 0 Å². The smallest absolute Gasteiger partial charge is 0.0881 e. The molecule has 0 aliphatic rings. The Labute approximate surface area is 97.5 Å². The Bertz CT molecular complexity index is 135. The largest absolute Gasteiger partial charge is 0.328 e. The summed E-state index contributed by atoms with van der Waals surface area (Å²) in [6.45, 7) is 4.61. The van der Waals surface area contributed by atoms with E-state index in [-0.39, 0.29) is 0 Å². The highest BCUT2D eigenvalue weighted by atomic mass is 15.3. The molecule has 0 radical (unpaired) electrons. The fraction of sp³-hybridized carbons (Fsp3) is 1.00. The molecule has 0 aromatic rings. The zero-order valence-electron chi connectivity index (χ0n) is 11.7. The van der Waals surface area contributed by atoms with Crippen molar-refractivity contribution in [3.8, 4) is 0 Å². The van der Waals surface area contributed by atoms with Crippen molar-refractivity contribution in [1.29, 1.82) is 0 Å². The Morgan fingerprint density at radius 2 is 1.33 bits per heavy atom. The van der Waals surface area contributed by atoms with Crippen LogP contribution in [0.3, 0.4) is 0 Å². The molecule has 0 aliphatic heterocycles. The van der Waals surface area contributed by atoms with Crippen molar-refractivity contribution in [2.24, 2.45) is 0 Å². The first-order valence-corrected chi connectivity index (χ1v) is 6.83. The first-order valence-electron chi connectivity index (χ1n) is 6.83. The van der Waals surface area contributed by atoms with Gasteiger partial charge in [0.1, 0.15) is 0 Å². The molecule has 1 unspecified atom stereocenters. The molecule has 1 atom stereocenters. The second-order valence-corrected chi connectivity index (χ2v) is 5.73. The maximum absolute atomic E-state index is 2.32. The summed E-state index contributed by atoms with van der Waals surface area (Å²) < 4.78 is 1.13. The van der Waals surface area contributed by atoms with Gasteiger partial charge in [0.15, 0.2) is 0 Å². The third-order valence-corrected chi connectivity index (χ3v) is 3.46. The average Bonchev–Trinajstić information content (AvgIpc) is 2.15. The van der Waals surface area contributed by atoms with Crippen LogP contribution in [0.1, 0.15) is 65.2 Å². The summed E-state index contributed by atoms with van der Waals surface area (Å²) >= 11 is 0. The summed E-state index contributed by atoms with van der Waals surface area (Å²) in [4.78, 5) is 0. The molecule has 0 fully saturated rings. The summed E-state index contributed by atoms with van der Waals surface area (Å²) in [6, 6.07) is 0.858. The third kappa shape index (κ3) is 7.84. The Hall–Kier alpha value is -0.0400. The van der Waals surface area contributed by atoms with Crippen LogP contribution < -0.4 is 0 Å². The van der Waals surface area contributed by atoms with E-state index in [0.717, 1.165) is 10.5 Å². The lowest BCUT2D eigenvalue weighted by Gasteiger charge is -2.33. The maximum Gasteiger partial charge on any atom is 0.0881 e. The fourth-order valence-electron chi connectivity index (χ4n) is 2.30. The number of unbranched alkanes of at least 4 members (excludes halogenated alkanes) is 5. The van der Waals surface area contributed by atoms with Crippen LogP contribution in [0, 0.1) is 0 Å². The molecule has 0 aliphatic carbocycles. The lowest BCUT2D eigenvalue weighted by Crippen LogP contribution is -2.44. The van der Waals surface area contributed by atoms with Crippen molar-refractivity contribution >= 4 is 0 Å². The van der Waals surface area contributed by atoms with Crippen molar-refractivity contribution < 1.29 is 4.48 Å². The predicted octanol–water partition coefficient (Wildman–Crippen LogP) is 4.22. The highest BCUT2D eigenvalue weighted by molar-refractivity contribution is 4.56. The summed E-state index contributed by atoms with van der Waals surface area (Å²) in [6.07, 6.45) is 11.3. The molecule has 0 spiro atoms. The van der Waals surface area contributed by atoms with E-state index in [9.17, 15) is 0 Å². The molecule has 0 saturated carbocycles. The van der Waals surface area contributed by atoms with Crippen LogP contribution in [0.25, 0.3) is 0 Å². The molecular formula is C14H32N+. The van der Waals surface area contributed by atoms with Crippen molar-refractivity contribution in [2.45, 2.75) is 71.3 Å². The maximum atomic E-state index is 2.32. The van der Waals surface area contributed by atoms with E-state index in [2.05, 4.69) is 35.0 Å². The summed E-state index contributed by atoms with van der Waals surface area (Å²) in [5.74, 6) is 0. The number of hydrogen-bond donors (Lipinski definition) is 0. The van der Waals surface area contributed by atoms with Gasteiger partial charge in [0.2, 0.25) is 0 Å². The topological polar surface area (TPSA) is 0 Å². The molecule has 0 N–H and O–H groups in total. The minimum absolute atomic E-state index is 0.858. The van der Waals surface area contributed by atoms with Gasteiger partial charge < -0.3 is 4.48 Å². The Morgan fingerprint density at radius 3 is 1.80 bits per heavy atom. The molecular weight excluding hydrogens is 182 g/mol. The van der Waals surface area contributed by atoms with Crippen molar-refractivity contribution in [2.75, 3.05) is 21.1 Å². The average molecular weight is 214 g/mol. The third-order valence-electron chi connectivity index (χ3n) is 3.46. The van der Waals surface area contributed by atoms with Gasteiger partial charge >= 0.3 is 0 Å². The lowest BCUT2D eigenvalue weighted by atomic mass is 10.0. The molecule has 0 aromatic heterocycles. The van der Waals surface area contributed by atoms with Gasteiger partial charge in [0.25, 0.3) is 0 Å². The summed E-state index contributed by atoms with van der Waals surface area (Å²) in [5, 5.41) is 0. The van der Waals surface area contributed by atoms with E-state index in [4.69, 9.17) is 0 Å². The fourth-order valence-corrected chi connectivity index (χ4v) is 2.30. The Morgan fingerprint density at radius 1 is 0.800 bits per heavy atom. The Balaban J connectivity index is 3.48. The first kappa shape index (κ1) is 15.0. The van der Waals surface area contributed by atoms with Gasteiger partial charge in [-0.2, -0.15) is 0 Å². The van der Waals surface area contributed by atoms with E-state index in [1.54, 1.807) is 0 Å². The number of rotatable bonds is 9. The molecule has 0 amide bonds. The molecule has 92 valence electrons. The van der Waals surface area contributed by atoms with Crippen LogP contribution in [0.4, 0.5) is 0 Å². The van der Waals surface area contributed by atoms with Crippen LogP contribution in [0.15, 0.2) is 0 Å². The van der Waals surface area contributed by atoms with E-state index < -0.39 is 0 Å². The van der Waals surface area contributed by atoms with Crippen molar-refractivity contribution in [1.82, 2.24) is 0 Å². The van der Waals surface area contributed by atoms with E-state index in [1.807, 2.05) is 0 Å². The van der Waals surface area contributed by atoms with Crippen LogP contribution >= 0.6 is 0 Å². The van der Waals surface area contributed by atoms with E-state index in [0.29, 0.717) is 0 Å². The second-order valence-electron chi connectivity index (χ2n) is 5.73. The van der Waals surface area contributed by atoms with Crippen LogP contribution in [0.2, 0.25) is 0 Å². The number of quaternary nitrogens is 1. The standard InChI is InChI=1S/C14H32N/c1-6-8-9-10-11-12-13-14(7-2)15(3,4)5/h14H,6-13H2,1-5H3/q+1. The Kier molecular flexibility index (Phi) is 8.13. The highest BCUT2D eigenvalue weighted by Gasteiger charge is 2.20. The monoisotopic (exact) mass is 214 g/mol. The molecule has 0 heterocycles. The lowest BCUT2D eigenvalue weighted by molar-refractivity contribution is -0.896. The number of hydrogen-bond acceptors (Lipinski definition) is 0. The SMILES string of the molecule is CCCCCCCCC(CC)[N+](C)(C)C. The minimum atomic E-state index is 0.858. The molecule has 15 heavy (non-hydrogen) atoms. The summed E-state index contributed by atoms with van der Waals surface area (Å²) in [7, 11) is 6.97. The van der Waals surface area contributed by atoms with Gasteiger partial charge in [-0.05, 0) is 19.3 Å². The van der Waals surface area contributed by atoms with E-state index in [1.165, 1.54) is 51.4 Å². The van der Waals surface area contributed by atoms with Gasteiger partial charge in [-0.25, -0.2) is 0 Å². The van der Waals surface area contributed by atoms with Gasteiger partial charge in [0, 0.05) is 0 Å². The summed E-state index contributed by atoms with van der Waals surface area (Å²) in [5.41, 5.74) is 0. The molecule has 0 bridgehead atoms. The zero-order chi connectivity index (χ0) is 11.7. The first-order chi connectivity index (χ1) is 7.02. The predicted molar refractivity (Wildman–Crippen MR) is 70.1 cm³/mol. The zero-order valence-corrected chi connectivity index (χ0v) is 11.7. The number of nitrogens with zero attached hydrogens (tertiary/aromatic N) is 1. The van der Waals surface area contributed by atoms with Gasteiger partial charge in [-0.3, -0.25) is 0 Å². The molecule has 0 rings (SSSR count). The normalized spacial score (nSPS) is 14.2. The molecule has 1 nitrogen and oxygen atoms in total. The molecule has 1 heteroatoms. The van der Waals surface area contributed by atoms with Crippen LogP contribution in [-0.4, -0.2) is 31.7 Å². The van der Waals surface area contributed by atoms with Crippen molar-refractivity contribution in [3.63, 3.8) is 0 Å². The van der Waals surface area contributed by atoms with Crippen LogP contribution in [0.5, 0.6) is 0 Å². The van der Waals surface area contributed by atoms with Gasteiger partial charge in [-0.1, -0.05) is 46.0 Å². The molecule has 0 saturated heterocycles. The van der Waals surface area contributed by atoms with E-state index >= 15 is 0 Å².